The average molecular weight is 322 g/mol. The standard InChI is InChI=1S/C16H23N3O2S/c1-17-14(20)9-18(2)15(21)10-19-7-5-13-12(6-8-22-13)16(19)11-3-4-11/h6,8,11,16H,3-5,7,9-10H2,1-2H3,(H,17,20)/p+1/t16-/m0/s1. The highest BCUT2D eigenvalue weighted by Gasteiger charge is 2.43. The molecule has 6 heteroatoms. The second-order valence-corrected chi connectivity index (χ2v) is 7.37. The van der Waals surface area contributed by atoms with Crippen molar-refractivity contribution in [3.05, 3.63) is 21.9 Å². The Bertz CT molecular complexity index is 567. The Hall–Kier alpha value is -1.40. The number of likely N-dealkylation sites (N-methyl/N-ethyl adjacent to an activating group) is 2. The molecule has 120 valence electrons. The lowest BCUT2D eigenvalue weighted by Crippen LogP contribution is -3.14. The summed E-state index contributed by atoms with van der Waals surface area (Å²) >= 11 is 1.85. The topological polar surface area (TPSA) is 53.9 Å². The number of hydrogen-bond donors (Lipinski definition) is 2. The van der Waals surface area contributed by atoms with Gasteiger partial charge in [0, 0.05) is 36.9 Å². The van der Waals surface area contributed by atoms with Gasteiger partial charge in [-0.15, -0.1) is 11.3 Å². The van der Waals surface area contributed by atoms with Crippen molar-refractivity contribution in [3.8, 4) is 0 Å². The first-order valence-corrected chi connectivity index (χ1v) is 8.83. The van der Waals surface area contributed by atoms with E-state index in [-0.39, 0.29) is 18.4 Å². The van der Waals surface area contributed by atoms with Gasteiger partial charge in [0.2, 0.25) is 5.91 Å². The van der Waals surface area contributed by atoms with E-state index < -0.39 is 0 Å². The van der Waals surface area contributed by atoms with Gasteiger partial charge in [-0.25, -0.2) is 0 Å². The summed E-state index contributed by atoms with van der Waals surface area (Å²) in [6.07, 6.45) is 3.63. The van der Waals surface area contributed by atoms with Crippen molar-refractivity contribution in [2.45, 2.75) is 25.3 Å². The third-order valence-electron chi connectivity index (χ3n) is 4.79. The molecule has 1 aliphatic heterocycles. The molecule has 3 rings (SSSR count). The Morgan fingerprint density at radius 1 is 1.45 bits per heavy atom. The fourth-order valence-corrected chi connectivity index (χ4v) is 4.34. The summed E-state index contributed by atoms with van der Waals surface area (Å²) in [6.45, 7) is 1.65. The molecule has 0 saturated heterocycles. The van der Waals surface area contributed by atoms with Gasteiger partial charge < -0.3 is 15.1 Å². The first-order chi connectivity index (χ1) is 10.6. The molecule has 0 spiro atoms. The summed E-state index contributed by atoms with van der Waals surface area (Å²) in [4.78, 5) is 28.3. The Morgan fingerprint density at radius 3 is 2.91 bits per heavy atom. The summed E-state index contributed by atoms with van der Waals surface area (Å²) < 4.78 is 0. The molecule has 0 radical (unpaired) electrons. The highest BCUT2D eigenvalue weighted by Crippen LogP contribution is 2.42. The molecular weight excluding hydrogens is 298 g/mol. The van der Waals surface area contributed by atoms with Gasteiger partial charge in [-0.2, -0.15) is 0 Å². The lowest BCUT2D eigenvalue weighted by molar-refractivity contribution is -0.929. The monoisotopic (exact) mass is 322 g/mol. The smallest absolute Gasteiger partial charge is 0.277 e. The quantitative estimate of drug-likeness (QED) is 0.792. The van der Waals surface area contributed by atoms with Crippen molar-refractivity contribution in [3.63, 3.8) is 0 Å². The highest BCUT2D eigenvalue weighted by atomic mass is 32.1. The fraction of sp³-hybridized carbons (Fsp3) is 0.625. The normalized spacial score (nSPS) is 23.7. The molecule has 0 aromatic carbocycles. The largest absolute Gasteiger partial charge is 0.358 e. The molecule has 22 heavy (non-hydrogen) atoms. The van der Waals surface area contributed by atoms with Crippen molar-refractivity contribution in [2.24, 2.45) is 5.92 Å². The number of carbonyl (C=O) groups is 2. The van der Waals surface area contributed by atoms with E-state index in [4.69, 9.17) is 0 Å². The SMILES string of the molecule is CNC(=O)CN(C)C(=O)C[NH+]1CCc2sccc2[C@@H]1C1CC1. The van der Waals surface area contributed by atoms with Crippen LogP contribution in [0.2, 0.25) is 0 Å². The molecular formula is C16H24N3O2S+. The molecule has 2 aliphatic rings. The van der Waals surface area contributed by atoms with Crippen LogP contribution in [0.25, 0.3) is 0 Å². The van der Waals surface area contributed by atoms with Crippen LogP contribution >= 0.6 is 11.3 Å². The molecule has 2 atom stereocenters. The Balaban J connectivity index is 1.67. The van der Waals surface area contributed by atoms with E-state index in [0.717, 1.165) is 18.9 Å². The van der Waals surface area contributed by atoms with Crippen LogP contribution in [0.15, 0.2) is 11.4 Å². The zero-order valence-corrected chi connectivity index (χ0v) is 14.0. The van der Waals surface area contributed by atoms with Crippen molar-refractivity contribution in [1.29, 1.82) is 0 Å². The zero-order valence-electron chi connectivity index (χ0n) is 13.2. The molecule has 1 aromatic heterocycles. The minimum atomic E-state index is -0.122. The van der Waals surface area contributed by atoms with Gasteiger partial charge >= 0.3 is 0 Å². The van der Waals surface area contributed by atoms with Crippen molar-refractivity contribution < 1.29 is 14.5 Å². The van der Waals surface area contributed by atoms with Gasteiger partial charge in [-0.05, 0) is 24.3 Å². The van der Waals surface area contributed by atoms with Gasteiger partial charge in [0.15, 0.2) is 6.54 Å². The van der Waals surface area contributed by atoms with Crippen LogP contribution in [0, 0.1) is 5.92 Å². The lowest BCUT2D eigenvalue weighted by Gasteiger charge is -2.33. The van der Waals surface area contributed by atoms with Crippen LogP contribution in [-0.4, -0.2) is 50.4 Å². The predicted molar refractivity (Wildman–Crippen MR) is 85.9 cm³/mol. The van der Waals surface area contributed by atoms with Crippen molar-refractivity contribution >= 4 is 23.2 Å². The van der Waals surface area contributed by atoms with Crippen LogP contribution in [0.3, 0.4) is 0 Å². The summed E-state index contributed by atoms with van der Waals surface area (Å²) in [5, 5.41) is 4.75. The second-order valence-electron chi connectivity index (χ2n) is 6.37. The number of amides is 2. The van der Waals surface area contributed by atoms with E-state index in [1.807, 2.05) is 11.3 Å². The number of carbonyl (C=O) groups excluding carboxylic acids is 2. The maximum absolute atomic E-state index is 12.4. The van der Waals surface area contributed by atoms with Crippen LogP contribution in [0.4, 0.5) is 0 Å². The summed E-state index contributed by atoms with van der Waals surface area (Å²) in [7, 11) is 3.31. The second kappa shape index (κ2) is 6.38. The minimum Gasteiger partial charge on any atom is -0.358 e. The molecule has 5 nitrogen and oxygen atoms in total. The Kier molecular flexibility index (Phi) is 4.49. The van der Waals surface area contributed by atoms with E-state index >= 15 is 0 Å². The third-order valence-corrected chi connectivity index (χ3v) is 5.78. The Morgan fingerprint density at radius 2 is 2.23 bits per heavy atom. The van der Waals surface area contributed by atoms with E-state index in [0.29, 0.717) is 12.6 Å². The van der Waals surface area contributed by atoms with E-state index in [1.165, 1.54) is 28.2 Å². The van der Waals surface area contributed by atoms with Crippen molar-refractivity contribution in [2.75, 3.05) is 33.7 Å². The summed E-state index contributed by atoms with van der Waals surface area (Å²) in [5.74, 6) is 0.673. The zero-order chi connectivity index (χ0) is 15.7. The highest BCUT2D eigenvalue weighted by molar-refractivity contribution is 7.10. The van der Waals surface area contributed by atoms with Crippen LogP contribution in [0.1, 0.15) is 29.3 Å². The maximum atomic E-state index is 12.4. The van der Waals surface area contributed by atoms with E-state index in [2.05, 4.69) is 16.8 Å². The lowest BCUT2D eigenvalue weighted by atomic mass is 9.96. The van der Waals surface area contributed by atoms with Gasteiger partial charge in [0.1, 0.15) is 6.04 Å². The molecule has 2 heterocycles. The summed E-state index contributed by atoms with van der Waals surface area (Å²) in [6, 6.07) is 2.73. The first kappa shape index (κ1) is 15.5. The molecule has 1 saturated carbocycles. The molecule has 1 aliphatic carbocycles. The van der Waals surface area contributed by atoms with Crippen LogP contribution in [-0.2, 0) is 16.0 Å². The molecule has 1 aromatic rings. The van der Waals surface area contributed by atoms with Gasteiger partial charge in [-0.3, -0.25) is 9.59 Å². The first-order valence-electron chi connectivity index (χ1n) is 7.95. The number of nitrogens with zero attached hydrogens (tertiary/aromatic N) is 1. The van der Waals surface area contributed by atoms with Gasteiger partial charge in [0.25, 0.3) is 5.91 Å². The number of rotatable bonds is 5. The molecule has 2 amide bonds. The molecule has 2 N–H and O–H groups in total. The summed E-state index contributed by atoms with van der Waals surface area (Å²) in [5.41, 5.74) is 1.47. The predicted octanol–water partition coefficient (Wildman–Crippen LogP) is -0.155. The van der Waals surface area contributed by atoms with Crippen molar-refractivity contribution in [1.82, 2.24) is 10.2 Å². The molecule has 1 fully saturated rings. The number of nitrogens with one attached hydrogen (secondary N) is 2. The fourth-order valence-electron chi connectivity index (χ4n) is 3.41. The minimum absolute atomic E-state index is 0.0583. The Labute approximate surface area is 135 Å². The van der Waals surface area contributed by atoms with Crippen LogP contribution < -0.4 is 10.2 Å². The molecule has 1 unspecified atom stereocenters. The number of fused-ring (bicyclic) bond motifs is 1. The van der Waals surface area contributed by atoms with Crippen LogP contribution in [0.5, 0.6) is 0 Å². The third kappa shape index (κ3) is 3.17. The van der Waals surface area contributed by atoms with E-state index in [1.54, 1.807) is 19.0 Å². The average Bonchev–Trinajstić information content (AvgIpc) is 3.23. The number of quaternary nitrogens is 1. The maximum Gasteiger partial charge on any atom is 0.277 e. The van der Waals surface area contributed by atoms with Gasteiger partial charge in [0.05, 0.1) is 13.1 Å². The number of hydrogen-bond acceptors (Lipinski definition) is 3. The molecule has 0 bridgehead atoms. The number of thiophene rings is 1. The van der Waals surface area contributed by atoms with E-state index in [9.17, 15) is 9.59 Å². The van der Waals surface area contributed by atoms with Gasteiger partial charge in [-0.1, -0.05) is 0 Å².